The highest BCUT2D eigenvalue weighted by molar-refractivity contribution is 5.89. The van der Waals surface area contributed by atoms with Gasteiger partial charge >= 0.3 is 6.03 Å². The summed E-state index contributed by atoms with van der Waals surface area (Å²) in [6.45, 7) is 3.78. The molecule has 138 valence electrons. The summed E-state index contributed by atoms with van der Waals surface area (Å²) in [4.78, 5) is 26.2. The Bertz CT molecular complexity index is 717. The molecule has 0 aliphatic carbocycles. The fraction of sp³-hybridized carbons (Fsp3) is 0.400. The number of likely N-dealkylation sites (tertiary alicyclic amines) is 1. The Morgan fingerprint density at radius 2 is 1.88 bits per heavy atom. The van der Waals surface area contributed by atoms with E-state index in [1.165, 1.54) is 0 Å². The van der Waals surface area contributed by atoms with Gasteiger partial charge in [0.15, 0.2) is 0 Å². The normalized spacial score (nSPS) is 14.9. The largest absolute Gasteiger partial charge is 0.467 e. The van der Waals surface area contributed by atoms with Crippen LogP contribution in [0.5, 0.6) is 0 Å². The number of nitrogens with zero attached hydrogens (tertiary/aromatic N) is 1. The summed E-state index contributed by atoms with van der Waals surface area (Å²) < 4.78 is 5.20. The van der Waals surface area contributed by atoms with Gasteiger partial charge in [-0.3, -0.25) is 4.79 Å². The highest BCUT2D eigenvalue weighted by Gasteiger charge is 2.24. The molecule has 1 fully saturated rings. The summed E-state index contributed by atoms with van der Waals surface area (Å²) in [6, 6.07) is 11.3. The number of furan rings is 1. The number of nitrogens with one attached hydrogen (secondary N) is 2. The molecule has 1 saturated heterocycles. The number of hydrogen-bond acceptors (Lipinski definition) is 3. The molecule has 0 bridgehead atoms. The fourth-order valence-corrected chi connectivity index (χ4v) is 3.11. The minimum Gasteiger partial charge on any atom is -0.467 e. The van der Waals surface area contributed by atoms with Gasteiger partial charge in [0.25, 0.3) is 0 Å². The lowest BCUT2D eigenvalue weighted by atomic mass is 9.93. The van der Waals surface area contributed by atoms with E-state index in [2.05, 4.69) is 10.6 Å². The van der Waals surface area contributed by atoms with Gasteiger partial charge in [-0.15, -0.1) is 0 Å². The fourth-order valence-electron chi connectivity index (χ4n) is 3.11. The van der Waals surface area contributed by atoms with Crippen LogP contribution < -0.4 is 10.6 Å². The Hall–Kier alpha value is -2.76. The van der Waals surface area contributed by atoms with Crippen LogP contribution in [0.4, 0.5) is 10.5 Å². The molecule has 2 aromatic rings. The summed E-state index contributed by atoms with van der Waals surface area (Å²) in [6.07, 6.45) is 3.78. The zero-order valence-electron chi connectivity index (χ0n) is 15.0. The van der Waals surface area contributed by atoms with E-state index < -0.39 is 0 Å². The SMILES string of the molecule is Cc1ccc(NC(=O)N2CCC(CC(=O)NCc3ccco3)CC2)cc1. The predicted octanol–water partition coefficient (Wildman–Crippen LogP) is 3.54. The smallest absolute Gasteiger partial charge is 0.321 e. The van der Waals surface area contributed by atoms with Crippen LogP contribution in [0.1, 0.15) is 30.6 Å². The second-order valence-electron chi connectivity index (χ2n) is 6.79. The summed E-state index contributed by atoms with van der Waals surface area (Å²) in [7, 11) is 0. The van der Waals surface area contributed by atoms with E-state index in [0.717, 1.165) is 29.9 Å². The Labute approximate surface area is 153 Å². The first-order chi connectivity index (χ1) is 12.6. The van der Waals surface area contributed by atoms with Gasteiger partial charge in [0.1, 0.15) is 5.76 Å². The number of amides is 3. The molecular formula is C20H25N3O3. The van der Waals surface area contributed by atoms with Crippen molar-refractivity contribution in [2.45, 2.75) is 32.7 Å². The third kappa shape index (κ3) is 5.12. The lowest BCUT2D eigenvalue weighted by Crippen LogP contribution is -2.41. The van der Waals surface area contributed by atoms with E-state index in [9.17, 15) is 9.59 Å². The molecular weight excluding hydrogens is 330 g/mol. The van der Waals surface area contributed by atoms with Gasteiger partial charge in [-0.05, 0) is 49.9 Å². The molecule has 3 rings (SSSR count). The average molecular weight is 355 g/mol. The van der Waals surface area contributed by atoms with Crippen LogP contribution in [0.3, 0.4) is 0 Å². The topological polar surface area (TPSA) is 74.6 Å². The number of rotatable bonds is 5. The molecule has 2 heterocycles. The number of carbonyl (C=O) groups is 2. The molecule has 1 aliphatic rings. The van der Waals surface area contributed by atoms with E-state index in [1.54, 1.807) is 12.3 Å². The maximum atomic E-state index is 12.3. The number of hydrogen-bond donors (Lipinski definition) is 2. The number of carbonyl (C=O) groups excluding carboxylic acids is 2. The van der Waals surface area contributed by atoms with Gasteiger partial charge in [0, 0.05) is 25.2 Å². The van der Waals surface area contributed by atoms with Crippen LogP contribution >= 0.6 is 0 Å². The van der Waals surface area contributed by atoms with Crippen molar-refractivity contribution in [1.82, 2.24) is 10.2 Å². The first-order valence-electron chi connectivity index (χ1n) is 9.02. The first kappa shape index (κ1) is 18.0. The van der Waals surface area contributed by atoms with Crippen LogP contribution in [-0.2, 0) is 11.3 Å². The summed E-state index contributed by atoms with van der Waals surface area (Å²) in [5.41, 5.74) is 1.97. The molecule has 1 aromatic heterocycles. The van der Waals surface area contributed by atoms with E-state index in [1.807, 2.05) is 42.2 Å². The molecule has 1 aromatic carbocycles. The lowest BCUT2D eigenvalue weighted by Gasteiger charge is -2.31. The third-order valence-corrected chi connectivity index (χ3v) is 4.72. The van der Waals surface area contributed by atoms with Crippen LogP contribution in [0.2, 0.25) is 0 Å². The number of benzene rings is 1. The summed E-state index contributed by atoms with van der Waals surface area (Å²) >= 11 is 0. The van der Waals surface area contributed by atoms with Crippen molar-refractivity contribution in [2.75, 3.05) is 18.4 Å². The number of aryl methyl sites for hydroxylation is 1. The van der Waals surface area contributed by atoms with E-state index in [4.69, 9.17) is 4.42 Å². The summed E-state index contributed by atoms with van der Waals surface area (Å²) in [5, 5.41) is 5.81. The predicted molar refractivity (Wildman–Crippen MR) is 99.7 cm³/mol. The quantitative estimate of drug-likeness (QED) is 0.861. The Morgan fingerprint density at radius 3 is 2.54 bits per heavy atom. The number of urea groups is 1. The monoisotopic (exact) mass is 355 g/mol. The standard InChI is InChI=1S/C20H25N3O3/c1-15-4-6-17(7-5-15)22-20(25)23-10-8-16(9-11-23)13-19(24)21-14-18-3-2-12-26-18/h2-7,12,16H,8-11,13-14H2,1H3,(H,21,24)(H,22,25). The zero-order valence-corrected chi connectivity index (χ0v) is 15.0. The van der Waals surface area contributed by atoms with Crippen molar-refractivity contribution >= 4 is 17.6 Å². The van der Waals surface area contributed by atoms with Crippen LogP contribution in [0.25, 0.3) is 0 Å². The zero-order chi connectivity index (χ0) is 18.4. The molecule has 0 unspecified atom stereocenters. The van der Waals surface area contributed by atoms with Crippen LogP contribution in [0, 0.1) is 12.8 Å². The van der Waals surface area contributed by atoms with Gasteiger partial charge in [0.2, 0.25) is 5.91 Å². The van der Waals surface area contributed by atoms with Gasteiger partial charge in [-0.1, -0.05) is 17.7 Å². The first-order valence-corrected chi connectivity index (χ1v) is 9.02. The van der Waals surface area contributed by atoms with Crippen molar-refractivity contribution in [3.8, 4) is 0 Å². The van der Waals surface area contributed by atoms with Crippen molar-refractivity contribution in [3.05, 3.63) is 54.0 Å². The van der Waals surface area contributed by atoms with E-state index in [-0.39, 0.29) is 11.9 Å². The van der Waals surface area contributed by atoms with Crippen LogP contribution in [0.15, 0.2) is 47.1 Å². The van der Waals surface area contributed by atoms with Crippen molar-refractivity contribution in [1.29, 1.82) is 0 Å². The Balaban J connectivity index is 1.38. The molecule has 6 heteroatoms. The molecule has 0 saturated carbocycles. The van der Waals surface area contributed by atoms with E-state index in [0.29, 0.717) is 32.0 Å². The second kappa shape index (κ2) is 8.56. The highest BCUT2D eigenvalue weighted by atomic mass is 16.3. The number of piperidine rings is 1. The molecule has 3 amide bonds. The van der Waals surface area contributed by atoms with E-state index >= 15 is 0 Å². The lowest BCUT2D eigenvalue weighted by molar-refractivity contribution is -0.122. The minimum absolute atomic E-state index is 0.0314. The Kier molecular flexibility index (Phi) is 5.94. The molecule has 0 atom stereocenters. The molecule has 2 N–H and O–H groups in total. The Morgan fingerprint density at radius 1 is 1.15 bits per heavy atom. The minimum atomic E-state index is -0.0745. The van der Waals surface area contributed by atoms with Gasteiger partial charge < -0.3 is 20.0 Å². The van der Waals surface area contributed by atoms with Gasteiger partial charge in [0.05, 0.1) is 12.8 Å². The molecule has 0 spiro atoms. The molecule has 26 heavy (non-hydrogen) atoms. The molecule has 0 radical (unpaired) electrons. The van der Waals surface area contributed by atoms with Crippen molar-refractivity contribution < 1.29 is 14.0 Å². The van der Waals surface area contributed by atoms with Crippen LogP contribution in [-0.4, -0.2) is 29.9 Å². The number of anilines is 1. The molecule has 1 aliphatic heterocycles. The molecule has 6 nitrogen and oxygen atoms in total. The van der Waals surface area contributed by atoms with Crippen molar-refractivity contribution in [2.24, 2.45) is 5.92 Å². The second-order valence-corrected chi connectivity index (χ2v) is 6.79. The maximum Gasteiger partial charge on any atom is 0.321 e. The van der Waals surface area contributed by atoms with Gasteiger partial charge in [-0.25, -0.2) is 4.79 Å². The average Bonchev–Trinajstić information content (AvgIpc) is 3.16. The van der Waals surface area contributed by atoms with Crippen molar-refractivity contribution in [3.63, 3.8) is 0 Å². The summed E-state index contributed by atoms with van der Waals surface area (Å²) in [5.74, 6) is 1.10. The highest BCUT2D eigenvalue weighted by Crippen LogP contribution is 2.21. The van der Waals surface area contributed by atoms with Gasteiger partial charge in [-0.2, -0.15) is 0 Å². The maximum absolute atomic E-state index is 12.3. The third-order valence-electron chi connectivity index (χ3n) is 4.72.